The quantitative estimate of drug-likeness (QED) is 0.671. The Hall–Kier alpha value is -1.43. The fraction of sp³-hybridized carbons (Fsp3) is 0.400. The van der Waals surface area contributed by atoms with Gasteiger partial charge in [-0.15, -0.1) is 0 Å². The first-order chi connectivity index (χ1) is 7.97. The maximum absolute atomic E-state index is 12.7. The number of alkyl halides is 2. The second kappa shape index (κ2) is 5.77. The smallest absolute Gasteiger partial charge is 0.310 e. The lowest BCUT2D eigenvalue weighted by atomic mass is 10.1. The number of nitrogens with zero attached hydrogens (tertiary/aromatic N) is 1. The highest BCUT2D eigenvalue weighted by Gasteiger charge is 2.23. The molecule has 1 aromatic rings. The normalized spacial score (nSPS) is 10.6. The Morgan fingerprint density at radius 2 is 2.29 bits per heavy atom. The van der Waals surface area contributed by atoms with Crippen molar-refractivity contribution in [3.05, 3.63) is 22.5 Å². The number of hydrogen-bond donors (Lipinski definition) is 1. The van der Waals surface area contributed by atoms with Gasteiger partial charge in [0.05, 0.1) is 24.8 Å². The summed E-state index contributed by atoms with van der Waals surface area (Å²) < 4.78 is 30.0. The van der Waals surface area contributed by atoms with Gasteiger partial charge in [-0.25, -0.2) is 13.8 Å². The van der Waals surface area contributed by atoms with Gasteiger partial charge in [0.15, 0.2) is 0 Å². The number of aromatic hydroxyl groups is 1. The molecule has 94 valence electrons. The molecule has 0 fully saturated rings. The van der Waals surface area contributed by atoms with Crippen LogP contribution < -0.4 is 0 Å². The van der Waals surface area contributed by atoms with Gasteiger partial charge >= 0.3 is 5.97 Å². The van der Waals surface area contributed by atoms with Gasteiger partial charge in [0.2, 0.25) is 0 Å². The van der Waals surface area contributed by atoms with Crippen LogP contribution in [0.25, 0.3) is 0 Å². The van der Waals surface area contributed by atoms with Crippen LogP contribution >= 0.6 is 11.6 Å². The molecule has 17 heavy (non-hydrogen) atoms. The highest BCUT2D eigenvalue weighted by atomic mass is 35.5. The summed E-state index contributed by atoms with van der Waals surface area (Å²) in [5.41, 5.74) is -0.891. The van der Waals surface area contributed by atoms with Crippen LogP contribution in [0.4, 0.5) is 8.78 Å². The van der Waals surface area contributed by atoms with Crippen LogP contribution in [-0.2, 0) is 16.0 Å². The monoisotopic (exact) mass is 265 g/mol. The fourth-order valence-corrected chi connectivity index (χ4v) is 1.52. The van der Waals surface area contributed by atoms with Gasteiger partial charge in [-0.1, -0.05) is 11.6 Å². The lowest BCUT2D eigenvalue weighted by molar-refractivity contribution is -0.142. The van der Waals surface area contributed by atoms with E-state index in [0.717, 1.165) is 6.20 Å². The van der Waals surface area contributed by atoms with E-state index in [0.29, 0.717) is 0 Å². The van der Waals surface area contributed by atoms with E-state index in [1.54, 1.807) is 6.92 Å². The largest absolute Gasteiger partial charge is 0.506 e. The van der Waals surface area contributed by atoms with Crippen LogP contribution in [0.5, 0.6) is 5.75 Å². The zero-order valence-electron chi connectivity index (χ0n) is 8.91. The van der Waals surface area contributed by atoms with Crippen LogP contribution in [0.3, 0.4) is 0 Å². The Morgan fingerprint density at radius 1 is 1.65 bits per heavy atom. The van der Waals surface area contributed by atoms with Crippen molar-refractivity contribution < 1.29 is 23.4 Å². The Kier molecular flexibility index (Phi) is 4.62. The van der Waals surface area contributed by atoms with E-state index in [1.807, 2.05) is 0 Å². The van der Waals surface area contributed by atoms with Crippen molar-refractivity contribution in [1.82, 2.24) is 4.98 Å². The van der Waals surface area contributed by atoms with Crippen LogP contribution in [0.2, 0.25) is 5.15 Å². The highest BCUT2D eigenvalue weighted by Crippen LogP contribution is 2.34. The summed E-state index contributed by atoms with van der Waals surface area (Å²) in [5.74, 6) is -1.40. The lowest BCUT2D eigenvalue weighted by Gasteiger charge is -2.11. The number of halogens is 3. The molecule has 0 radical (unpaired) electrons. The number of carbonyl (C=O) groups is 1. The number of hydrogen-bond acceptors (Lipinski definition) is 4. The molecule has 1 heterocycles. The standard InChI is InChI=1S/C10H10ClF2NO3/c1-2-17-7(16)3-5-8(10(12)13)6(15)4-14-9(5)11/h4,10,15H,2-3H2,1H3. The van der Waals surface area contributed by atoms with Crippen molar-refractivity contribution in [2.75, 3.05) is 6.61 Å². The van der Waals surface area contributed by atoms with Gasteiger partial charge < -0.3 is 9.84 Å². The predicted octanol–water partition coefficient (Wildman–Crippen LogP) is 2.48. The van der Waals surface area contributed by atoms with Gasteiger partial charge in [0.1, 0.15) is 10.9 Å². The molecule has 0 bridgehead atoms. The predicted molar refractivity (Wildman–Crippen MR) is 56.2 cm³/mol. The summed E-state index contributed by atoms with van der Waals surface area (Å²) in [6, 6.07) is 0. The summed E-state index contributed by atoms with van der Waals surface area (Å²) in [4.78, 5) is 14.7. The molecule has 0 saturated heterocycles. The summed E-state index contributed by atoms with van der Waals surface area (Å²) in [7, 11) is 0. The first-order valence-corrected chi connectivity index (χ1v) is 5.15. The zero-order valence-corrected chi connectivity index (χ0v) is 9.67. The molecule has 0 atom stereocenters. The molecule has 1 rings (SSSR count). The number of aromatic nitrogens is 1. The van der Waals surface area contributed by atoms with Crippen LogP contribution in [0, 0.1) is 0 Å². The van der Waals surface area contributed by atoms with Crippen molar-refractivity contribution in [3.8, 4) is 5.75 Å². The number of ether oxygens (including phenoxy) is 1. The van der Waals surface area contributed by atoms with Gasteiger partial charge in [-0.3, -0.25) is 4.79 Å². The van der Waals surface area contributed by atoms with E-state index in [1.165, 1.54) is 0 Å². The third kappa shape index (κ3) is 3.26. The molecule has 1 N–H and O–H groups in total. The second-order valence-electron chi connectivity index (χ2n) is 3.11. The summed E-state index contributed by atoms with van der Waals surface area (Å²) in [6.07, 6.45) is -2.58. The fourth-order valence-electron chi connectivity index (χ4n) is 1.30. The van der Waals surface area contributed by atoms with E-state index in [-0.39, 0.29) is 17.3 Å². The van der Waals surface area contributed by atoms with Crippen LogP contribution in [-0.4, -0.2) is 22.7 Å². The topological polar surface area (TPSA) is 59.4 Å². The van der Waals surface area contributed by atoms with Crippen LogP contribution in [0.1, 0.15) is 24.5 Å². The van der Waals surface area contributed by atoms with Crippen molar-refractivity contribution in [2.24, 2.45) is 0 Å². The van der Waals surface area contributed by atoms with Crippen molar-refractivity contribution in [1.29, 1.82) is 0 Å². The second-order valence-corrected chi connectivity index (χ2v) is 3.47. The first-order valence-electron chi connectivity index (χ1n) is 4.77. The van der Waals surface area contributed by atoms with Crippen molar-refractivity contribution in [2.45, 2.75) is 19.8 Å². The van der Waals surface area contributed by atoms with Gasteiger partial charge in [-0.2, -0.15) is 0 Å². The van der Waals surface area contributed by atoms with Gasteiger partial charge in [-0.05, 0) is 6.92 Å². The molecular weight excluding hydrogens is 256 g/mol. The van der Waals surface area contributed by atoms with E-state index in [2.05, 4.69) is 9.72 Å². The molecule has 0 unspecified atom stereocenters. The molecule has 0 spiro atoms. The average Bonchev–Trinajstić information content (AvgIpc) is 2.23. The van der Waals surface area contributed by atoms with Gasteiger partial charge in [0, 0.05) is 5.56 Å². The minimum Gasteiger partial charge on any atom is -0.506 e. The zero-order chi connectivity index (χ0) is 13.0. The first kappa shape index (κ1) is 13.6. The average molecular weight is 266 g/mol. The number of carbonyl (C=O) groups excluding carboxylic acids is 1. The van der Waals surface area contributed by atoms with E-state index in [9.17, 15) is 18.7 Å². The van der Waals surface area contributed by atoms with Crippen molar-refractivity contribution >= 4 is 17.6 Å². The number of rotatable bonds is 4. The molecule has 0 amide bonds. The summed E-state index contributed by atoms with van der Waals surface area (Å²) in [6.45, 7) is 1.72. The third-order valence-corrected chi connectivity index (χ3v) is 2.32. The van der Waals surface area contributed by atoms with Crippen molar-refractivity contribution in [3.63, 3.8) is 0 Å². The van der Waals surface area contributed by atoms with E-state index >= 15 is 0 Å². The molecule has 0 aromatic carbocycles. The lowest BCUT2D eigenvalue weighted by Crippen LogP contribution is -2.10. The van der Waals surface area contributed by atoms with E-state index < -0.39 is 30.1 Å². The molecular formula is C10H10ClF2NO3. The van der Waals surface area contributed by atoms with E-state index in [4.69, 9.17) is 11.6 Å². The maximum atomic E-state index is 12.7. The molecule has 0 aliphatic heterocycles. The third-order valence-electron chi connectivity index (χ3n) is 1.99. The molecule has 0 saturated carbocycles. The minimum absolute atomic E-state index is 0.132. The Balaban J connectivity index is 3.12. The Morgan fingerprint density at radius 3 is 2.82 bits per heavy atom. The molecule has 1 aromatic heterocycles. The Labute approximate surface area is 101 Å². The SMILES string of the molecule is CCOC(=O)Cc1c(Cl)ncc(O)c1C(F)F. The number of pyridine rings is 1. The summed E-state index contributed by atoms with van der Waals surface area (Å²) >= 11 is 5.63. The molecule has 7 heteroatoms. The summed E-state index contributed by atoms with van der Waals surface area (Å²) in [5, 5.41) is 9.03. The molecule has 4 nitrogen and oxygen atoms in total. The number of esters is 1. The minimum atomic E-state index is -2.94. The molecule has 0 aliphatic carbocycles. The van der Waals surface area contributed by atoms with Crippen LogP contribution in [0.15, 0.2) is 6.20 Å². The Bertz CT molecular complexity index is 426. The maximum Gasteiger partial charge on any atom is 0.310 e. The molecule has 0 aliphatic rings. The van der Waals surface area contributed by atoms with Gasteiger partial charge in [0.25, 0.3) is 6.43 Å². The highest BCUT2D eigenvalue weighted by molar-refractivity contribution is 6.30.